The van der Waals surface area contributed by atoms with Crippen LogP contribution in [0.15, 0.2) is 29.8 Å². The molecule has 0 spiro atoms. The Hall–Kier alpha value is -0.0200. The van der Waals surface area contributed by atoms with E-state index >= 15 is 0 Å². The minimum atomic E-state index is -1.27. The predicted octanol–water partition coefficient (Wildman–Crippen LogP) is 5.74. The Bertz CT molecular complexity index is 498. The molecule has 92 valence electrons. The maximum atomic E-state index is 8.05. The highest BCUT2D eigenvalue weighted by molar-refractivity contribution is 14.1. The first-order valence-corrected chi connectivity index (χ1v) is 7.32. The molecule has 2 heteroatoms. The first-order valence-electron chi connectivity index (χ1n) is 6.86. The van der Waals surface area contributed by atoms with E-state index in [1.807, 2.05) is 46.9 Å². The lowest BCUT2D eigenvalue weighted by molar-refractivity contribution is 0.332. The summed E-state index contributed by atoms with van der Waals surface area (Å²) in [5.41, 5.74) is 3.44. The topological polar surface area (TPSA) is 0 Å². The van der Waals surface area contributed by atoms with Crippen molar-refractivity contribution in [2.24, 2.45) is 5.41 Å². The van der Waals surface area contributed by atoms with Gasteiger partial charge in [-0.15, -0.1) is 0 Å². The molecule has 0 N–H and O–H groups in total. The standard InChI is InChI=1S/C15H18ClI/c1-15(2)8-7-12(10-17)14(9-15)11-3-5-13(16)6-4-11/h3-6H,7-10H2,1-2H3/i10D2. The van der Waals surface area contributed by atoms with Gasteiger partial charge in [-0.3, -0.25) is 0 Å². The fourth-order valence-electron chi connectivity index (χ4n) is 2.32. The third-order valence-corrected chi connectivity index (χ3v) is 4.28. The van der Waals surface area contributed by atoms with Gasteiger partial charge in [-0.25, -0.2) is 0 Å². The molecule has 0 unspecified atom stereocenters. The van der Waals surface area contributed by atoms with Gasteiger partial charge in [0.25, 0.3) is 0 Å². The zero-order valence-electron chi connectivity index (χ0n) is 12.2. The second-order valence-corrected chi connectivity index (χ2v) is 6.38. The second kappa shape index (κ2) is 5.31. The van der Waals surface area contributed by atoms with Crippen LogP contribution in [0.1, 0.15) is 41.4 Å². The third kappa shape index (κ3) is 3.25. The van der Waals surface area contributed by atoms with Crippen LogP contribution in [-0.2, 0) is 0 Å². The average Bonchev–Trinajstić information content (AvgIpc) is 2.27. The summed E-state index contributed by atoms with van der Waals surface area (Å²) in [5, 5.41) is 0.721. The van der Waals surface area contributed by atoms with Crippen molar-refractivity contribution < 1.29 is 2.74 Å². The second-order valence-electron chi connectivity index (χ2n) is 5.40. The smallest absolute Gasteiger partial charge is 0.0424 e. The van der Waals surface area contributed by atoms with Gasteiger partial charge in [0.05, 0.1) is 0 Å². The quantitative estimate of drug-likeness (QED) is 0.465. The summed E-state index contributed by atoms with van der Waals surface area (Å²) in [5.74, 6) is 0. The SMILES string of the molecule is [2H]C([2H])(I)C1=C(c2ccc(Cl)cc2)CC(C)(C)CC1. The summed E-state index contributed by atoms with van der Waals surface area (Å²) in [6, 6.07) is 7.76. The lowest BCUT2D eigenvalue weighted by Crippen LogP contribution is -2.18. The van der Waals surface area contributed by atoms with E-state index in [9.17, 15) is 0 Å². The Kier molecular flexibility index (Phi) is 3.39. The van der Waals surface area contributed by atoms with Gasteiger partial charge in [-0.2, -0.15) is 0 Å². The maximum absolute atomic E-state index is 8.05. The summed E-state index contributed by atoms with van der Waals surface area (Å²) < 4.78 is 14.8. The van der Waals surface area contributed by atoms with E-state index in [2.05, 4.69) is 13.8 Å². The van der Waals surface area contributed by atoms with Gasteiger partial charge in [0.15, 0.2) is 0 Å². The predicted molar refractivity (Wildman–Crippen MR) is 84.9 cm³/mol. The van der Waals surface area contributed by atoms with E-state index < -0.39 is 4.38 Å². The number of alkyl halides is 1. The molecule has 0 saturated heterocycles. The van der Waals surface area contributed by atoms with Crippen LogP contribution >= 0.6 is 34.2 Å². The number of hydrogen-bond acceptors (Lipinski definition) is 0. The first kappa shape index (κ1) is 10.9. The van der Waals surface area contributed by atoms with E-state index in [0.717, 1.165) is 41.0 Å². The number of halogens is 2. The van der Waals surface area contributed by atoms with E-state index in [1.165, 1.54) is 0 Å². The Morgan fingerprint density at radius 2 is 2.00 bits per heavy atom. The highest BCUT2D eigenvalue weighted by Gasteiger charge is 2.27. The lowest BCUT2D eigenvalue weighted by atomic mass is 9.73. The first-order chi connectivity index (χ1) is 8.69. The molecule has 1 aliphatic rings. The van der Waals surface area contributed by atoms with Gasteiger partial charge >= 0.3 is 0 Å². The van der Waals surface area contributed by atoms with E-state index in [1.54, 1.807) is 0 Å². The van der Waals surface area contributed by atoms with Crippen molar-refractivity contribution in [3.8, 4) is 0 Å². The molecule has 1 aromatic carbocycles. The van der Waals surface area contributed by atoms with Gasteiger partial charge < -0.3 is 0 Å². The molecular formula is C15H18ClI. The van der Waals surface area contributed by atoms with E-state index in [4.69, 9.17) is 14.3 Å². The number of allylic oxidation sites excluding steroid dienone is 2. The minimum Gasteiger partial charge on any atom is -0.0843 e. The Labute approximate surface area is 125 Å². The summed E-state index contributed by atoms with van der Waals surface area (Å²) in [6.45, 7) is 4.50. The van der Waals surface area contributed by atoms with Crippen molar-refractivity contribution in [2.75, 3.05) is 4.38 Å². The molecule has 1 aromatic rings. The third-order valence-electron chi connectivity index (χ3n) is 3.38. The molecule has 0 bridgehead atoms. The van der Waals surface area contributed by atoms with E-state index in [0.29, 0.717) is 0 Å². The fraction of sp³-hybridized carbons (Fsp3) is 0.467. The molecule has 0 heterocycles. The van der Waals surface area contributed by atoms with Crippen LogP contribution in [0.5, 0.6) is 0 Å². The van der Waals surface area contributed by atoms with Gasteiger partial charge in [0.2, 0.25) is 0 Å². The normalized spacial score (nSPS) is 22.1. The Morgan fingerprint density at radius 3 is 2.59 bits per heavy atom. The molecule has 2 rings (SSSR count). The van der Waals surface area contributed by atoms with Crippen LogP contribution < -0.4 is 0 Å². The van der Waals surface area contributed by atoms with Crippen molar-refractivity contribution >= 4 is 39.8 Å². The maximum Gasteiger partial charge on any atom is 0.0424 e. The van der Waals surface area contributed by atoms with Gasteiger partial charge in [-0.05, 0) is 47.9 Å². The molecule has 0 aromatic heterocycles. The summed E-state index contributed by atoms with van der Waals surface area (Å²) in [6.07, 6.45) is 2.80. The Balaban J connectivity index is 2.51. The molecule has 1 aliphatic carbocycles. The molecular weight excluding hydrogens is 343 g/mol. The zero-order chi connectivity index (χ0) is 14.3. The van der Waals surface area contributed by atoms with Crippen LogP contribution in [0.2, 0.25) is 5.02 Å². The van der Waals surface area contributed by atoms with E-state index in [-0.39, 0.29) is 5.41 Å². The fourth-order valence-corrected chi connectivity index (χ4v) is 3.04. The molecule has 17 heavy (non-hydrogen) atoms. The molecule has 0 nitrogen and oxygen atoms in total. The van der Waals surface area contributed by atoms with Gasteiger partial charge in [0, 0.05) is 12.1 Å². The van der Waals surface area contributed by atoms with Crippen molar-refractivity contribution in [3.05, 3.63) is 40.4 Å². The van der Waals surface area contributed by atoms with Crippen LogP contribution in [0.4, 0.5) is 0 Å². The highest BCUT2D eigenvalue weighted by atomic mass is 127. The van der Waals surface area contributed by atoms with Crippen LogP contribution in [0.25, 0.3) is 5.57 Å². The number of hydrogen-bond donors (Lipinski definition) is 0. The monoisotopic (exact) mass is 362 g/mol. The average molecular weight is 363 g/mol. The minimum absolute atomic E-state index is 0.236. The number of rotatable bonds is 2. The van der Waals surface area contributed by atoms with Crippen molar-refractivity contribution in [1.29, 1.82) is 0 Å². The van der Waals surface area contributed by atoms with Crippen LogP contribution in [0, 0.1) is 5.41 Å². The highest BCUT2D eigenvalue weighted by Crippen LogP contribution is 2.43. The largest absolute Gasteiger partial charge is 0.0843 e. The molecule has 0 aliphatic heterocycles. The summed E-state index contributed by atoms with van der Waals surface area (Å²) in [4.78, 5) is 0. The number of benzene rings is 1. The zero-order valence-corrected chi connectivity index (χ0v) is 13.1. The van der Waals surface area contributed by atoms with Crippen LogP contribution in [-0.4, -0.2) is 4.38 Å². The molecule has 0 amide bonds. The van der Waals surface area contributed by atoms with Crippen molar-refractivity contribution in [1.82, 2.24) is 0 Å². The molecule has 0 atom stereocenters. The van der Waals surface area contributed by atoms with Crippen molar-refractivity contribution in [2.45, 2.75) is 33.1 Å². The molecule has 0 radical (unpaired) electrons. The summed E-state index contributed by atoms with van der Waals surface area (Å²) >= 11 is 7.85. The molecule has 0 fully saturated rings. The van der Waals surface area contributed by atoms with Crippen LogP contribution in [0.3, 0.4) is 0 Å². The van der Waals surface area contributed by atoms with Gasteiger partial charge in [-0.1, -0.05) is 65.7 Å². The molecule has 0 saturated carbocycles. The van der Waals surface area contributed by atoms with Gasteiger partial charge in [0.1, 0.15) is 0 Å². The van der Waals surface area contributed by atoms with Crippen molar-refractivity contribution in [3.63, 3.8) is 0 Å². The lowest BCUT2D eigenvalue weighted by Gasteiger charge is -2.33. The summed E-state index contributed by atoms with van der Waals surface area (Å²) in [7, 11) is 0. The Morgan fingerprint density at radius 1 is 1.35 bits per heavy atom.